The molecule has 0 bridgehead atoms. The summed E-state index contributed by atoms with van der Waals surface area (Å²) in [5.74, 6) is 0.609. The monoisotopic (exact) mass is 512 g/mol. The number of hydrogen-bond donors (Lipinski definition) is 2. The van der Waals surface area contributed by atoms with Crippen LogP contribution in [0.15, 0.2) is 66.7 Å². The quantitative estimate of drug-likeness (QED) is 0.284. The smallest absolute Gasteiger partial charge is 0.324 e. The van der Waals surface area contributed by atoms with Gasteiger partial charge in [-0.3, -0.25) is 5.32 Å². The molecule has 3 aromatic carbocycles. The van der Waals surface area contributed by atoms with E-state index in [9.17, 15) is 4.79 Å². The summed E-state index contributed by atoms with van der Waals surface area (Å²) in [5, 5.41) is 12.9. The lowest BCUT2D eigenvalue weighted by atomic mass is 9.92. The van der Waals surface area contributed by atoms with Gasteiger partial charge >= 0.3 is 6.03 Å². The van der Waals surface area contributed by atoms with Crippen LogP contribution in [0.2, 0.25) is 0 Å². The maximum Gasteiger partial charge on any atom is 0.324 e. The maximum absolute atomic E-state index is 13.2. The number of urea groups is 1. The number of nitrogens with zero attached hydrogens (tertiary/aromatic N) is 2. The van der Waals surface area contributed by atoms with Crippen molar-refractivity contribution in [3.8, 4) is 5.69 Å². The van der Waals surface area contributed by atoms with E-state index in [0.29, 0.717) is 12.4 Å². The highest BCUT2D eigenvalue weighted by Crippen LogP contribution is 2.30. The Labute approximate surface area is 224 Å². The highest BCUT2D eigenvalue weighted by atomic mass is 16.7. The molecule has 1 unspecified atom stereocenters. The topological polar surface area (TPSA) is 77.4 Å². The van der Waals surface area contributed by atoms with Gasteiger partial charge in [-0.25, -0.2) is 9.48 Å². The summed E-state index contributed by atoms with van der Waals surface area (Å²) in [4.78, 5) is 13.2. The molecule has 2 N–H and O–H groups in total. The van der Waals surface area contributed by atoms with E-state index in [4.69, 9.17) is 14.6 Å². The molecule has 1 aliphatic rings. The first-order valence-corrected chi connectivity index (χ1v) is 13.3. The van der Waals surface area contributed by atoms with Crippen LogP contribution in [0, 0.1) is 6.92 Å². The number of carbonyl (C=O) groups is 1. The van der Waals surface area contributed by atoms with E-state index in [1.54, 1.807) is 4.68 Å². The first-order chi connectivity index (χ1) is 18.3. The number of ether oxygens (including phenoxy) is 2. The molecular formula is C31H36N4O3. The fourth-order valence-electron chi connectivity index (χ4n) is 4.61. The zero-order valence-corrected chi connectivity index (χ0v) is 22.6. The van der Waals surface area contributed by atoms with Gasteiger partial charge in [0.05, 0.1) is 23.7 Å². The molecule has 0 saturated carbocycles. The number of nitrogens with one attached hydrogen (secondary N) is 2. The van der Waals surface area contributed by atoms with Crippen molar-refractivity contribution in [1.82, 2.24) is 9.78 Å². The highest BCUT2D eigenvalue weighted by molar-refractivity contribution is 6.06. The zero-order chi connectivity index (χ0) is 26.7. The van der Waals surface area contributed by atoms with E-state index in [1.807, 2.05) is 67.6 Å². The van der Waals surface area contributed by atoms with Gasteiger partial charge in [0.25, 0.3) is 0 Å². The van der Waals surface area contributed by atoms with E-state index in [-0.39, 0.29) is 17.7 Å². The van der Waals surface area contributed by atoms with Gasteiger partial charge in [0.2, 0.25) is 0 Å². The predicted molar refractivity (Wildman–Crippen MR) is 152 cm³/mol. The Balaban J connectivity index is 1.37. The molecule has 2 heterocycles. The molecule has 7 heteroatoms. The van der Waals surface area contributed by atoms with Gasteiger partial charge in [0.15, 0.2) is 6.29 Å². The Kier molecular flexibility index (Phi) is 7.49. The molecule has 1 fully saturated rings. The molecule has 2 amide bonds. The Bertz CT molecular complexity index is 1410. The van der Waals surface area contributed by atoms with Crippen molar-refractivity contribution in [3.63, 3.8) is 0 Å². The second kappa shape index (κ2) is 11.0. The first-order valence-electron chi connectivity index (χ1n) is 13.3. The van der Waals surface area contributed by atoms with Crippen LogP contribution in [0.25, 0.3) is 16.5 Å². The molecule has 4 aromatic rings. The fraction of sp³-hybridized carbons (Fsp3) is 0.355. The number of benzene rings is 3. The van der Waals surface area contributed by atoms with Crippen LogP contribution in [0.5, 0.6) is 0 Å². The third-order valence-corrected chi connectivity index (χ3v) is 6.82. The number of aryl methyl sites for hydroxylation is 1. The first kappa shape index (κ1) is 25.9. The molecule has 38 heavy (non-hydrogen) atoms. The van der Waals surface area contributed by atoms with Crippen LogP contribution >= 0.6 is 0 Å². The summed E-state index contributed by atoms with van der Waals surface area (Å²) >= 11 is 0. The molecule has 1 aromatic heterocycles. The third-order valence-electron chi connectivity index (χ3n) is 6.82. The van der Waals surface area contributed by atoms with E-state index in [1.165, 1.54) is 0 Å². The minimum Gasteiger partial charge on any atom is -0.353 e. The average molecular weight is 513 g/mol. The van der Waals surface area contributed by atoms with Gasteiger partial charge < -0.3 is 14.8 Å². The summed E-state index contributed by atoms with van der Waals surface area (Å²) in [5.41, 5.74) is 4.57. The summed E-state index contributed by atoms with van der Waals surface area (Å²) in [6.07, 6.45) is 2.99. The van der Waals surface area contributed by atoms with Crippen molar-refractivity contribution in [1.29, 1.82) is 0 Å². The normalized spacial score (nSPS) is 15.9. The van der Waals surface area contributed by atoms with Gasteiger partial charge in [-0.15, -0.1) is 0 Å². The minimum atomic E-state index is -0.330. The number of hydrogen-bond acceptors (Lipinski definition) is 4. The SMILES string of the molecule is Cc1ccc(-n2nc(C(C)(C)C)cc2NC(=O)Nc2ccc(COC3CCCCO3)c3ccccc23)cc1. The molecular weight excluding hydrogens is 476 g/mol. The molecule has 1 saturated heterocycles. The Morgan fingerprint density at radius 1 is 1.03 bits per heavy atom. The van der Waals surface area contributed by atoms with Crippen molar-refractivity contribution in [2.75, 3.05) is 17.2 Å². The van der Waals surface area contributed by atoms with E-state index in [2.05, 4.69) is 37.5 Å². The van der Waals surface area contributed by atoms with Crippen molar-refractivity contribution in [2.24, 2.45) is 0 Å². The summed E-state index contributed by atoms with van der Waals surface area (Å²) in [6, 6.07) is 21.7. The minimum absolute atomic E-state index is 0.150. The fourth-order valence-corrected chi connectivity index (χ4v) is 4.61. The lowest BCUT2D eigenvalue weighted by Gasteiger charge is -2.23. The van der Waals surface area contributed by atoms with Crippen molar-refractivity contribution in [3.05, 3.63) is 83.6 Å². The number of amides is 2. The molecule has 7 nitrogen and oxygen atoms in total. The second-order valence-electron chi connectivity index (χ2n) is 10.9. The Morgan fingerprint density at radius 2 is 1.79 bits per heavy atom. The number of carbonyl (C=O) groups excluding carboxylic acids is 1. The number of anilines is 2. The lowest BCUT2D eigenvalue weighted by Crippen LogP contribution is -2.22. The predicted octanol–water partition coefficient (Wildman–Crippen LogP) is 7.32. The molecule has 5 rings (SSSR count). The average Bonchev–Trinajstić information content (AvgIpc) is 3.33. The van der Waals surface area contributed by atoms with Crippen LogP contribution in [-0.2, 0) is 21.5 Å². The molecule has 198 valence electrons. The number of rotatable bonds is 6. The summed E-state index contributed by atoms with van der Waals surface area (Å²) in [7, 11) is 0. The second-order valence-corrected chi connectivity index (χ2v) is 10.9. The molecule has 0 aliphatic carbocycles. The Morgan fingerprint density at radius 3 is 2.50 bits per heavy atom. The zero-order valence-electron chi connectivity index (χ0n) is 22.6. The van der Waals surface area contributed by atoms with E-state index in [0.717, 1.165) is 64.8 Å². The number of aromatic nitrogens is 2. The van der Waals surface area contributed by atoms with Crippen LogP contribution < -0.4 is 10.6 Å². The molecule has 1 atom stereocenters. The van der Waals surface area contributed by atoms with Gasteiger partial charge in [-0.2, -0.15) is 5.10 Å². The Hall–Kier alpha value is -3.68. The lowest BCUT2D eigenvalue weighted by molar-refractivity contribution is -0.168. The van der Waals surface area contributed by atoms with Gasteiger partial charge in [0.1, 0.15) is 5.82 Å². The third kappa shape index (κ3) is 5.90. The molecule has 0 spiro atoms. The standard InChI is InChI=1S/C31H36N4O3/c1-21-12-15-23(16-13-21)35-28(19-27(34-35)31(2,3)4)33-30(36)32-26-17-14-22(24-9-5-6-10-25(24)26)20-38-29-11-7-8-18-37-29/h5-6,9-10,12-17,19,29H,7-8,11,18,20H2,1-4H3,(H2,32,33,36). The van der Waals surface area contributed by atoms with Gasteiger partial charge in [-0.1, -0.05) is 68.8 Å². The van der Waals surface area contributed by atoms with Gasteiger partial charge in [0, 0.05) is 23.5 Å². The molecule has 1 aliphatic heterocycles. The largest absolute Gasteiger partial charge is 0.353 e. The molecule has 0 radical (unpaired) electrons. The maximum atomic E-state index is 13.2. The van der Waals surface area contributed by atoms with Gasteiger partial charge in [-0.05, 0) is 55.3 Å². The van der Waals surface area contributed by atoms with E-state index < -0.39 is 0 Å². The summed E-state index contributed by atoms with van der Waals surface area (Å²) in [6.45, 7) is 9.58. The van der Waals surface area contributed by atoms with Crippen LogP contribution in [0.1, 0.15) is 56.9 Å². The van der Waals surface area contributed by atoms with Crippen molar-refractivity contribution in [2.45, 2.75) is 65.3 Å². The van der Waals surface area contributed by atoms with Crippen LogP contribution in [0.4, 0.5) is 16.3 Å². The summed E-state index contributed by atoms with van der Waals surface area (Å²) < 4.78 is 13.5. The van der Waals surface area contributed by atoms with Crippen molar-refractivity contribution >= 4 is 28.3 Å². The number of fused-ring (bicyclic) bond motifs is 1. The van der Waals surface area contributed by atoms with E-state index >= 15 is 0 Å². The highest BCUT2D eigenvalue weighted by Gasteiger charge is 2.22. The van der Waals surface area contributed by atoms with Crippen LogP contribution in [0.3, 0.4) is 0 Å². The van der Waals surface area contributed by atoms with Crippen molar-refractivity contribution < 1.29 is 14.3 Å². The van der Waals surface area contributed by atoms with Crippen LogP contribution in [-0.4, -0.2) is 28.7 Å².